The minimum atomic E-state index is -4.08. The number of anilines is 1. The molecule has 0 fully saturated rings. The summed E-state index contributed by atoms with van der Waals surface area (Å²) in [6.45, 7) is 0. The third-order valence-electron chi connectivity index (χ3n) is 1.27. The zero-order valence-electron chi connectivity index (χ0n) is 6.75. The van der Waals surface area contributed by atoms with Crippen LogP contribution in [0.3, 0.4) is 0 Å². The van der Waals surface area contributed by atoms with Gasteiger partial charge in [-0.1, -0.05) is 11.6 Å². The quantitative estimate of drug-likeness (QED) is 0.804. The van der Waals surface area contributed by atoms with Crippen molar-refractivity contribution in [2.24, 2.45) is 0 Å². The van der Waals surface area contributed by atoms with Crippen molar-refractivity contribution in [3.8, 4) is 5.75 Å². The Labute approximate surface area is 82.6 Å². The number of hydrogen-bond acceptors (Lipinski definition) is 3. The van der Waals surface area contributed by atoms with E-state index in [2.05, 4.69) is 21.3 Å². The van der Waals surface area contributed by atoms with Gasteiger partial charge in [0.2, 0.25) is 0 Å². The first-order valence-electron chi connectivity index (χ1n) is 3.48. The van der Waals surface area contributed by atoms with Crippen LogP contribution in [-0.2, 0) is 0 Å². The van der Waals surface area contributed by atoms with Crippen molar-refractivity contribution >= 4 is 17.4 Å². The average Bonchev–Trinajstić information content (AvgIpc) is 2.08. The molecule has 0 aliphatic rings. The summed E-state index contributed by atoms with van der Waals surface area (Å²) in [7, 11) is 0. The Hall–Kier alpha value is -1.17. The molecule has 0 saturated carbocycles. The molecule has 2 N–H and O–H groups in total. The molecule has 0 amide bonds. The zero-order chi connectivity index (χ0) is 10.8. The molecule has 0 saturated heterocycles. The molecule has 0 radical (unpaired) electrons. The standard InChI is InChI=1S/C7H6ClF3N2O/c8-6(9)7(10,11)14-4-1-2-5(12)13-3-4/h1-3,6H,(H2,12,13). The summed E-state index contributed by atoms with van der Waals surface area (Å²) in [5.41, 5.74) is 2.28. The van der Waals surface area contributed by atoms with E-state index in [1.165, 1.54) is 6.07 Å². The predicted octanol–water partition coefficient (Wildman–Crippen LogP) is 2.17. The Morgan fingerprint density at radius 2 is 2.14 bits per heavy atom. The Bertz CT molecular complexity index is 304. The van der Waals surface area contributed by atoms with Crippen LogP contribution in [0.4, 0.5) is 19.0 Å². The van der Waals surface area contributed by atoms with Gasteiger partial charge in [-0.15, -0.1) is 0 Å². The first kappa shape index (κ1) is 10.9. The van der Waals surface area contributed by atoms with E-state index in [1.807, 2.05) is 0 Å². The van der Waals surface area contributed by atoms with Crippen molar-refractivity contribution in [3.05, 3.63) is 18.3 Å². The van der Waals surface area contributed by atoms with Gasteiger partial charge in [0.15, 0.2) is 0 Å². The van der Waals surface area contributed by atoms with Crippen LogP contribution in [0, 0.1) is 0 Å². The second-order valence-electron chi connectivity index (χ2n) is 2.38. The van der Waals surface area contributed by atoms with Crippen molar-refractivity contribution in [2.45, 2.75) is 11.7 Å². The highest BCUT2D eigenvalue weighted by Gasteiger charge is 2.42. The van der Waals surface area contributed by atoms with Crippen LogP contribution in [0.2, 0.25) is 0 Å². The molecule has 1 rings (SSSR count). The summed E-state index contributed by atoms with van der Waals surface area (Å²) in [5, 5.41) is 0. The van der Waals surface area contributed by atoms with Gasteiger partial charge >= 0.3 is 6.11 Å². The number of halogens is 4. The number of nitrogen functional groups attached to an aromatic ring is 1. The highest BCUT2D eigenvalue weighted by molar-refractivity contribution is 6.20. The number of rotatable bonds is 3. The Balaban J connectivity index is 2.74. The van der Waals surface area contributed by atoms with Crippen LogP contribution in [0.25, 0.3) is 0 Å². The molecule has 0 bridgehead atoms. The monoisotopic (exact) mass is 226 g/mol. The third kappa shape index (κ3) is 2.66. The predicted molar refractivity (Wildman–Crippen MR) is 45.0 cm³/mol. The van der Waals surface area contributed by atoms with Crippen LogP contribution >= 0.6 is 11.6 Å². The summed E-state index contributed by atoms with van der Waals surface area (Å²) in [6, 6.07) is 2.38. The lowest BCUT2D eigenvalue weighted by atomic mass is 10.4. The summed E-state index contributed by atoms with van der Waals surface area (Å²) in [4.78, 5) is 3.48. The second kappa shape index (κ2) is 3.91. The van der Waals surface area contributed by atoms with Gasteiger partial charge in [-0.2, -0.15) is 8.78 Å². The van der Waals surface area contributed by atoms with Crippen LogP contribution in [-0.4, -0.2) is 16.7 Å². The molecule has 0 aliphatic heterocycles. The zero-order valence-corrected chi connectivity index (χ0v) is 7.51. The van der Waals surface area contributed by atoms with Gasteiger partial charge in [0.1, 0.15) is 11.6 Å². The van der Waals surface area contributed by atoms with E-state index >= 15 is 0 Å². The highest BCUT2D eigenvalue weighted by Crippen LogP contribution is 2.28. The fourth-order valence-corrected chi connectivity index (χ4v) is 0.698. The van der Waals surface area contributed by atoms with E-state index < -0.39 is 11.7 Å². The lowest BCUT2D eigenvalue weighted by molar-refractivity contribution is -0.199. The minimum Gasteiger partial charge on any atom is -0.428 e. The Kier molecular flexibility index (Phi) is 3.05. The summed E-state index contributed by atoms with van der Waals surface area (Å²) < 4.78 is 41.1. The lowest BCUT2D eigenvalue weighted by Crippen LogP contribution is -2.32. The molecule has 1 aromatic rings. The number of nitrogens with two attached hydrogens (primary N) is 1. The van der Waals surface area contributed by atoms with Gasteiger partial charge in [-0.05, 0) is 12.1 Å². The smallest absolute Gasteiger partial charge is 0.428 e. The van der Waals surface area contributed by atoms with Crippen molar-refractivity contribution in [1.29, 1.82) is 0 Å². The van der Waals surface area contributed by atoms with Crippen LogP contribution < -0.4 is 10.5 Å². The number of aromatic nitrogens is 1. The number of alkyl halides is 4. The van der Waals surface area contributed by atoms with Crippen LogP contribution in [0.15, 0.2) is 18.3 Å². The molecule has 0 spiro atoms. The van der Waals surface area contributed by atoms with Gasteiger partial charge in [0.25, 0.3) is 5.63 Å². The first-order chi connectivity index (χ1) is 6.42. The van der Waals surface area contributed by atoms with Crippen molar-refractivity contribution < 1.29 is 17.9 Å². The van der Waals surface area contributed by atoms with Crippen LogP contribution in [0.1, 0.15) is 0 Å². The fourth-order valence-electron chi connectivity index (χ4n) is 0.654. The van der Waals surface area contributed by atoms with Gasteiger partial charge in [0, 0.05) is 0 Å². The van der Waals surface area contributed by atoms with Crippen molar-refractivity contribution in [3.63, 3.8) is 0 Å². The minimum absolute atomic E-state index is 0.142. The maximum atomic E-state index is 12.5. The molecule has 0 aliphatic carbocycles. The van der Waals surface area contributed by atoms with E-state index in [9.17, 15) is 13.2 Å². The van der Waals surface area contributed by atoms with E-state index in [0.29, 0.717) is 0 Å². The van der Waals surface area contributed by atoms with Gasteiger partial charge in [-0.3, -0.25) is 0 Å². The largest absolute Gasteiger partial charge is 0.444 e. The van der Waals surface area contributed by atoms with E-state index in [1.54, 1.807) is 0 Å². The number of hydrogen-bond donors (Lipinski definition) is 1. The molecule has 7 heteroatoms. The topological polar surface area (TPSA) is 48.1 Å². The second-order valence-corrected chi connectivity index (χ2v) is 2.77. The molecule has 1 unspecified atom stereocenters. The van der Waals surface area contributed by atoms with Gasteiger partial charge in [-0.25, -0.2) is 9.37 Å². The Morgan fingerprint density at radius 1 is 1.50 bits per heavy atom. The molecule has 1 aromatic heterocycles. The van der Waals surface area contributed by atoms with Gasteiger partial charge < -0.3 is 10.5 Å². The number of ether oxygens (including phenoxy) is 1. The molecule has 1 atom stereocenters. The number of pyridine rings is 1. The average molecular weight is 227 g/mol. The fraction of sp³-hybridized carbons (Fsp3) is 0.286. The van der Waals surface area contributed by atoms with Gasteiger partial charge in [0.05, 0.1) is 6.20 Å². The number of nitrogens with zero attached hydrogens (tertiary/aromatic N) is 1. The molecule has 78 valence electrons. The molecule has 3 nitrogen and oxygen atoms in total. The molecular weight excluding hydrogens is 221 g/mol. The maximum Gasteiger partial charge on any atom is 0.444 e. The summed E-state index contributed by atoms with van der Waals surface area (Å²) >= 11 is 4.56. The molecule has 1 heterocycles. The van der Waals surface area contributed by atoms with Crippen molar-refractivity contribution in [2.75, 3.05) is 5.73 Å². The van der Waals surface area contributed by atoms with E-state index in [4.69, 9.17) is 5.73 Å². The first-order valence-corrected chi connectivity index (χ1v) is 3.92. The van der Waals surface area contributed by atoms with Crippen molar-refractivity contribution in [1.82, 2.24) is 4.98 Å². The van der Waals surface area contributed by atoms with E-state index in [0.717, 1.165) is 12.3 Å². The molecular formula is C7H6ClF3N2O. The summed E-state index contributed by atoms with van der Waals surface area (Å²) in [5.74, 6) is -0.171. The highest BCUT2D eigenvalue weighted by atomic mass is 35.5. The van der Waals surface area contributed by atoms with E-state index in [-0.39, 0.29) is 11.6 Å². The maximum absolute atomic E-state index is 12.5. The normalized spacial score (nSPS) is 13.7. The SMILES string of the molecule is Nc1ccc(OC(F)(F)C(F)Cl)cn1. The molecule has 0 aromatic carbocycles. The van der Waals surface area contributed by atoms with Crippen LogP contribution in [0.5, 0.6) is 5.75 Å². The molecule has 14 heavy (non-hydrogen) atoms. The lowest BCUT2D eigenvalue weighted by Gasteiger charge is -2.17. The third-order valence-corrected chi connectivity index (χ3v) is 1.52. The summed E-state index contributed by atoms with van der Waals surface area (Å²) in [6.07, 6.45) is -3.14. The Morgan fingerprint density at radius 3 is 2.57 bits per heavy atom.